The zero-order chi connectivity index (χ0) is 75.9. The van der Waals surface area contributed by atoms with Crippen LogP contribution in [0, 0.1) is 0 Å². The Labute approximate surface area is 640 Å². The maximum absolute atomic E-state index is 12.0. The lowest BCUT2D eigenvalue weighted by Gasteiger charge is -2.46. The minimum atomic E-state index is -1.71. The van der Waals surface area contributed by atoms with Gasteiger partial charge in [0.1, 0.15) is 109 Å². The SMILES string of the molecule is CC(CCCCCC/C=C\CCCCCCCC(=O)CCCN(C)C)OC1OC(CO)C(O)C(O)C1OC1OC(CO)C(O)C(O)C1O.CC(CCCCCC/C=C\CCCCCCCC(=O)CCC[N+](C)(C)C)OC1OC(CO)C(O)C(O)C1OC1OC(CO)C(O)C(O)C1O.CI.CO.[I-]. The quantitative estimate of drug-likeness (QED) is 0.0132. The zero-order valence-electron chi connectivity index (χ0n) is 62.9. The maximum Gasteiger partial charge on any atom is 0.187 e. The lowest BCUT2D eigenvalue weighted by atomic mass is 9.97. The summed E-state index contributed by atoms with van der Waals surface area (Å²) in [4.78, 5) is 28.0. The fourth-order valence-electron chi connectivity index (χ4n) is 12.3. The number of ether oxygens (including phenoxy) is 8. The van der Waals surface area contributed by atoms with Gasteiger partial charge in [-0.2, -0.15) is 0 Å². The largest absolute Gasteiger partial charge is 1.00 e. The number of carbonyl (C=O) groups excluding carboxylic acids is 2. The van der Waals surface area contributed by atoms with Crippen LogP contribution in [0.25, 0.3) is 0 Å². The van der Waals surface area contributed by atoms with Gasteiger partial charge >= 0.3 is 0 Å². The standard InChI is InChI=1S/C36H68NO12.C35H65NO12.CH3I.CH4O.HI/c1-25(19-16-14-12-10-8-6-5-7-9-11-13-15-17-20-26(40)21-18-22-37(2,3)4)46-36-34(32(44)30(42)28(24-39)48-36)49-35-33(45)31(43)29(41)27(23-38)47-35;1-24(18-15-13-11-9-7-5-4-6-8-10-12-14-16-19-25(39)20-17-21-36(2)3)45-35-33(31(43)29(41)27(23-38)47-35)48-34-32(44)30(42)28(40)26(22-37)46-34;2*1-2;/h5-6,25,27-36,38-39,41-45H,7-24H2,1-4H3;4-5,24,26-35,37-38,40-44H,6-23H2,1-3H3;1H3;2H,1H3;1H/q+1;;;;/p-1/b6-5-;5-4-;;;. The van der Waals surface area contributed by atoms with Gasteiger partial charge in [0.05, 0.1) is 66.3 Å². The van der Waals surface area contributed by atoms with Crippen molar-refractivity contribution in [3.8, 4) is 0 Å². The van der Waals surface area contributed by atoms with Crippen molar-refractivity contribution in [2.24, 2.45) is 0 Å². The number of unbranched alkanes of at least 4 members (excludes halogenated alkanes) is 18. The summed E-state index contributed by atoms with van der Waals surface area (Å²) >= 11 is 2.15. The van der Waals surface area contributed by atoms with Gasteiger partial charge in [0.25, 0.3) is 0 Å². The lowest BCUT2D eigenvalue weighted by Crippen LogP contribution is -3.00. The van der Waals surface area contributed by atoms with Crippen LogP contribution in [0.5, 0.6) is 0 Å². The number of aliphatic hydroxyl groups is 15. The summed E-state index contributed by atoms with van der Waals surface area (Å²) in [6, 6.07) is 0. The Morgan fingerprint density at radius 3 is 0.990 bits per heavy atom. The molecule has 15 N–H and O–H groups in total. The van der Waals surface area contributed by atoms with Gasteiger partial charge < -0.3 is 148 Å². The van der Waals surface area contributed by atoms with Gasteiger partial charge in [0.15, 0.2) is 25.2 Å². The van der Waals surface area contributed by atoms with E-state index in [0.717, 1.165) is 153 Å². The second-order valence-electron chi connectivity index (χ2n) is 28.5. The van der Waals surface area contributed by atoms with E-state index in [9.17, 15) is 81.1 Å². The van der Waals surface area contributed by atoms with E-state index in [-0.39, 0.29) is 36.2 Å². The van der Waals surface area contributed by atoms with E-state index in [2.05, 4.69) is 72.9 Å². The second-order valence-corrected chi connectivity index (χ2v) is 28.5. The Balaban J connectivity index is 0.00000189. The number of quaternary nitrogens is 1. The van der Waals surface area contributed by atoms with Gasteiger partial charge in [-0.3, -0.25) is 9.59 Å². The number of hydrogen-bond acceptors (Lipinski definition) is 26. The Kier molecular flexibility index (Phi) is 59.6. The van der Waals surface area contributed by atoms with E-state index < -0.39 is 149 Å². The highest BCUT2D eigenvalue weighted by Gasteiger charge is 2.53. The number of hydrogen-bond donors (Lipinski definition) is 15. The number of halogens is 2. The van der Waals surface area contributed by atoms with E-state index in [1.165, 1.54) is 38.5 Å². The molecule has 0 aromatic carbocycles. The van der Waals surface area contributed by atoms with E-state index in [1.807, 2.05) is 32.9 Å². The van der Waals surface area contributed by atoms with E-state index in [0.29, 0.717) is 37.2 Å². The topological polar surface area (TPSA) is 415 Å². The summed E-state index contributed by atoms with van der Waals surface area (Å²) in [5.41, 5.74) is 0. The number of nitrogens with zero attached hydrogens (tertiary/aromatic N) is 2. The van der Waals surface area contributed by atoms with E-state index >= 15 is 0 Å². The van der Waals surface area contributed by atoms with Gasteiger partial charge in [-0.25, -0.2) is 0 Å². The summed E-state index contributed by atoms with van der Waals surface area (Å²) in [5.74, 6) is 0.802. The Morgan fingerprint density at radius 1 is 0.402 bits per heavy atom. The third kappa shape index (κ3) is 41.4. The molecule has 4 fully saturated rings. The molecular weight excluding hydrogens is 1560 g/mol. The number of rotatable bonds is 50. The van der Waals surface area contributed by atoms with Crippen molar-refractivity contribution in [2.75, 3.05) is 86.8 Å². The van der Waals surface area contributed by atoms with Crippen LogP contribution in [0.15, 0.2) is 24.3 Å². The highest BCUT2D eigenvalue weighted by Crippen LogP contribution is 2.33. The van der Waals surface area contributed by atoms with Crippen LogP contribution < -0.4 is 24.0 Å². The molecule has 0 spiro atoms. The smallest absolute Gasteiger partial charge is 0.187 e. The predicted octanol–water partition coefficient (Wildman–Crippen LogP) is 0.916. The average molecular weight is 1700 g/mol. The summed E-state index contributed by atoms with van der Waals surface area (Å²) in [5, 5.41) is 149. The molecule has 0 amide bonds. The van der Waals surface area contributed by atoms with Crippen LogP contribution in [0.1, 0.15) is 206 Å². The molecule has 4 aliphatic heterocycles. The fourth-order valence-corrected chi connectivity index (χ4v) is 12.3. The zero-order valence-corrected chi connectivity index (χ0v) is 67.2. The van der Waals surface area contributed by atoms with Crippen molar-refractivity contribution < 1.29 is 153 Å². The molecule has 0 saturated carbocycles. The highest BCUT2D eigenvalue weighted by molar-refractivity contribution is 14.1. The van der Waals surface area contributed by atoms with Crippen molar-refractivity contribution in [3.63, 3.8) is 0 Å². The van der Waals surface area contributed by atoms with Gasteiger partial charge in [-0.05, 0) is 123 Å². The molecule has 29 heteroatoms. The number of alkyl halides is 1. The first-order valence-corrected chi connectivity index (χ1v) is 39.5. The lowest BCUT2D eigenvalue weighted by molar-refractivity contribution is -0.870. The van der Waals surface area contributed by atoms with Crippen molar-refractivity contribution in [3.05, 3.63) is 24.3 Å². The first kappa shape index (κ1) is 101. The summed E-state index contributed by atoms with van der Waals surface area (Å²) in [6.45, 7) is 3.25. The Hall–Kier alpha value is -0.720. The molecule has 0 radical (unpaired) electrons. The van der Waals surface area contributed by atoms with Gasteiger partial charge in [0, 0.05) is 39.2 Å². The monoisotopic (exact) mass is 1700 g/mol. The Bertz CT molecular complexity index is 2090. The summed E-state index contributed by atoms with van der Waals surface area (Å²) in [7, 11) is 11.5. The molecule has 4 saturated heterocycles. The van der Waals surface area contributed by atoms with Crippen LogP contribution in [0.3, 0.4) is 0 Å². The fraction of sp³-hybridized carbons (Fsp3) is 0.918. The minimum Gasteiger partial charge on any atom is -1.00 e. The predicted molar refractivity (Wildman–Crippen MR) is 390 cm³/mol. The molecule has 0 bridgehead atoms. The first-order chi connectivity index (χ1) is 48.3. The van der Waals surface area contributed by atoms with Crippen LogP contribution in [0.2, 0.25) is 0 Å². The van der Waals surface area contributed by atoms with E-state index in [4.69, 9.17) is 43.0 Å². The second kappa shape index (κ2) is 60.1. The molecule has 0 aliphatic carbocycles. The van der Waals surface area contributed by atoms with Crippen LogP contribution >= 0.6 is 22.6 Å². The molecule has 0 aromatic rings. The number of carbonyl (C=O) groups is 2. The van der Waals surface area contributed by atoms with Crippen LogP contribution in [-0.2, 0) is 47.5 Å². The van der Waals surface area contributed by atoms with Crippen molar-refractivity contribution in [1.82, 2.24) is 4.90 Å². The van der Waals surface area contributed by atoms with Gasteiger partial charge in [-0.15, -0.1) is 0 Å². The van der Waals surface area contributed by atoms with E-state index in [1.54, 1.807) is 0 Å². The maximum atomic E-state index is 12.0. The molecule has 0 aromatic heterocycles. The van der Waals surface area contributed by atoms with Crippen molar-refractivity contribution in [2.45, 2.75) is 342 Å². The molecule has 606 valence electrons. The minimum absolute atomic E-state index is 0. The molecule has 22 atom stereocenters. The molecule has 4 heterocycles. The number of Topliss-reactive ketones (excluding diaryl/α,β-unsaturated/α-hetero) is 2. The van der Waals surface area contributed by atoms with Gasteiger partial charge in [-0.1, -0.05) is 124 Å². The third-order valence-corrected chi connectivity index (χ3v) is 18.5. The molecule has 4 aliphatic rings. The van der Waals surface area contributed by atoms with Crippen molar-refractivity contribution in [1.29, 1.82) is 0 Å². The molecule has 27 nitrogen and oxygen atoms in total. The van der Waals surface area contributed by atoms with Crippen LogP contribution in [-0.4, -0.2) is 319 Å². The van der Waals surface area contributed by atoms with Crippen molar-refractivity contribution >= 4 is 34.2 Å². The third-order valence-electron chi connectivity index (χ3n) is 18.5. The average Bonchev–Trinajstić information content (AvgIpc) is 0.794. The molecular formula is C73H140I2N2O25. The number of ketones is 2. The van der Waals surface area contributed by atoms with Crippen LogP contribution in [0.4, 0.5) is 0 Å². The number of aliphatic hydroxyl groups excluding tert-OH is 15. The Morgan fingerprint density at radius 2 is 0.676 bits per heavy atom. The highest BCUT2D eigenvalue weighted by atomic mass is 127. The molecule has 22 unspecified atom stereocenters. The van der Waals surface area contributed by atoms with Gasteiger partial charge in [0.2, 0.25) is 0 Å². The summed E-state index contributed by atoms with van der Waals surface area (Å²) < 4.78 is 46.6. The molecule has 4 rings (SSSR count). The summed E-state index contributed by atoms with van der Waals surface area (Å²) in [6.07, 6.45) is 9.19. The first-order valence-electron chi connectivity index (χ1n) is 37.4. The number of allylic oxidation sites excluding steroid dienone is 4. The normalized spacial score (nSPS) is 30.4. The molecule has 102 heavy (non-hydrogen) atoms.